The molecule has 0 nitrogen and oxygen atoms in total. The SMILES string of the molecule is CC#Cc1cc2cc3sc(C#CS)cc3cc2s1. The molecule has 0 aliphatic carbocycles. The average molecular weight is 284 g/mol. The number of fused-ring (bicyclic) bond motifs is 2. The second-order valence-corrected chi connectivity index (χ2v) is 6.15. The van der Waals surface area contributed by atoms with Crippen molar-refractivity contribution in [3.63, 3.8) is 0 Å². The van der Waals surface area contributed by atoms with Crippen LogP contribution in [0.2, 0.25) is 0 Å². The third-order valence-electron chi connectivity index (χ3n) is 2.58. The zero-order valence-corrected chi connectivity index (χ0v) is 12.1. The monoisotopic (exact) mass is 284 g/mol. The largest absolute Gasteiger partial charge is 0.127 e. The predicted molar refractivity (Wildman–Crippen MR) is 85.6 cm³/mol. The molecule has 0 atom stereocenters. The Bertz CT molecular complexity index is 737. The Balaban J connectivity index is 2.25. The summed E-state index contributed by atoms with van der Waals surface area (Å²) in [5.74, 6) is 9.05. The number of thiophene rings is 2. The van der Waals surface area contributed by atoms with Crippen LogP contribution in [0.25, 0.3) is 20.2 Å². The summed E-state index contributed by atoms with van der Waals surface area (Å²) in [7, 11) is 0. The number of benzene rings is 1. The van der Waals surface area contributed by atoms with Gasteiger partial charge in [-0.3, -0.25) is 0 Å². The van der Waals surface area contributed by atoms with Crippen molar-refractivity contribution in [3.8, 4) is 23.0 Å². The molecule has 3 aromatic rings. The number of rotatable bonds is 0. The van der Waals surface area contributed by atoms with Gasteiger partial charge in [0.05, 0.1) is 9.75 Å². The predicted octanol–water partition coefficient (Wildman–Crippen LogP) is 4.73. The number of hydrogen-bond donors (Lipinski definition) is 1. The Hall–Kier alpha value is -1.39. The van der Waals surface area contributed by atoms with E-state index >= 15 is 0 Å². The van der Waals surface area contributed by atoms with Crippen molar-refractivity contribution in [1.82, 2.24) is 0 Å². The van der Waals surface area contributed by atoms with Crippen LogP contribution < -0.4 is 0 Å². The van der Waals surface area contributed by atoms with Gasteiger partial charge in [0.1, 0.15) is 0 Å². The molecule has 0 amide bonds. The first-order chi connectivity index (χ1) is 8.80. The normalized spacial score (nSPS) is 9.89. The molecule has 3 heteroatoms. The average Bonchev–Trinajstić information content (AvgIpc) is 2.88. The lowest BCUT2D eigenvalue weighted by molar-refractivity contribution is 1.88. The highest BCUT2D eigenvalue weighted by atomic mass is 32.1. The third-order valence-corrected chi connectivity index (χ3v) is 4.72. The van der Waals surface area contributed by atoms with Crippen LogP contribution in [-0.2, 0) is 0 Å². The lowest BCUT2D eigenvalue weighted by Crippen LogP contribution is -1.62. The van der Waals surface area contributed by atoms with Crippen LogP contribution in [0.5, 0.6) is 0 Å². The lowest BCUT2D eigenvalue weighted by Gasteiger charge is -1.89. The molecule has 0 bridgehead atoms. The second-order valence-electron chi connectivity index (χ2n) is 3.76. The smallest absolute Gasteiger partial charge is 0.0789 e. The molecule has 0 radical (unpaired) electrons. The minimum absolute atomic E-state index is 1.06. The van der Waals surface area contributed by atoms with Crippen LogP contribution in [0.1, 0.15) is 16.7 Å². The van der Waals surface area contributed by atoms with E-state index in [1.54, 1.807) is 22.7 Å². The van der Waals surface area contributed by atoms with Gasteiger partial charge in [0.2, 0.25) is 0 Å². The van der Waals surface area contributed by atoms with Gasteiger partial charge >= 0.3 is 0 Å². The van der Waals surface area contributed by atoms with Crippen molar-refractivity contribution in [2.24, 2.45) is 0 Å². The fourth-order valence-electron chi connectivity index (χ4n) is 1.87. The summed E-state index contributed by atoms with van der Waals surface area (Å²) in [6.45, 7) is 1.87. The van der Waals surface area contributed by atoms with E-state index in [2.05, 4.69) is 59.9 Å². The van der Waals surface area contributed by atoms with Gasteiger partial charge in [0.15, 0.2) is 0 Å². The maximum absolute atomic E-state index is 3.94. The van der Waals surface area contributed by atoms with Gasteiger partial charge in [-0.1, -0.05) is 18.5 Å². The number of thiol groups is 1. The van der Waals surface area contributed by atoms with E-state index in [0.717, 1.165) is 9.75 Å². The summed E-state index contributed by atoms with van der Waals surface area (Å²) >= 11 is 7.38. The summed E-state index contributed by atoms with van der Waals surface area (Å²) in [4.78, 5) is 2.19. The Morgan fingerprint density at radius 3 is 1.94 bits per heavy atom. The molecule has 0 saturated heterocycles. The number of hydrogen-bond acceptors (Lipinski definition) is 3. The highest BCUT2D eigenvalue weighted by Gasteiger charge is 2.05. The van der Waals surface area contributed by atoms with E-state index in [9.17, 15) is 0 Å². The first kappa shape index (κ1) is 11.7. The summed E-state index contributed by atoms with van der Waals surface area (Å²) in [5, 5.41) is 5.15. The molecule has 0 saturated carbocycles. The second kappa shape index (κ2) is 4.71. The minimum atomic E-state index is 1.06. The molecule has 3 rings (SSSR count). The van der Waals surface area contributed by atoms with Crippen molar-refractivity contribution in [2.45, 2.75) is 6.92 Å². The third kappa shape index (κ3) is 2.02. The van der Waals surface area contributed by atoms with Gasteiger partial charge in [-0.25, -0.2) is 0 Å². The van der Waals surface area contributed by atoms with Crippen LogP contribution in [0, 0.1) is 23.0 Å². The van der Waals surface area contributed by atoms with Crippen LogP contribution in [0.15, 0.2) is 24.3 Å². The van der Waals surface area contributed by atoms with Crippen molar-refractivity contribution in [2.75, 3.05) is 0 Å². The lowest BCUT2D eigenvalue weighted by atomic mass is 10.2. The first-order valence-corrected chi connectivity index (χ1v) is 7.43. The quantitative estimate of drug-likeness (QED) is 0.448. The Morgan fingerprint density at radius 1 is 0.889 bits per heavy atom. The van der Waals surface area contributed by atoms with Crippen molar-refractivity contribution in [1.29, 1.82) is 0 Å². The van der Waals surface area contributed by atoms with E-state index < -0.39 is 0 Å². The van der Waals surface area contributed by atoms with Crippen molar-refractivity contribution >= 4 is 55.5 Å². The Kier molecular flexibility index (Phi) is 3.06. The van der Waals surface area contributed by atoms with E-state index in [4.69, 9.17) is 0 Å². The minimum Gasteiger partial charge on any atom is -0.127 e. The van der Waals surface area contributed by atoms with Gasteiger partial charge in [-0.05, 0) is 53.1 Å². The molecular weight excluding hydrogens is 276 g/mol. The van der Waals surface area contributed by atoms with Crippen LogP contribution in [0.4, 0.5) is 0 Å². The van der Waals surface area contributed by atoms with Crippen LogP contribution in [-0.4, -0.2) is 0 Å². The fourth-order valence-corrected chi connectivity index (χ4v) is 4.01. The molecule has 0 aliphatic rings. The van der Waals surface area contributed by atoms with E-state index in [1.165, 1.54) is 20.2 Å². The standard InChI is InChI=1S/C15H8S3/c1-2-3-12-6-10-8-15-11(9-14(10)17-12)7-13(18-15)4-5-16/h6-9,16H,1H3. The Labute approximate surface area is 119 Å². The van der Waals surface area contributed by atoms with Gasteiger partial charge in [-0.2, -0.15) is 0 Å². The molecule has 86 valence electrons. The summed E-state index contributed by atoms with van der Waals surface area (Å²) in [5.41, 5.74) is 0. The zero-order valence-electron chi connectivity index (χ0n) is 9.57. The highest BCUT2D eigenvalue weighted by Crippen LogP contribution is 2.33. The molecular formula is C15H8S3. The van der Waals surface area contributed by atoms with Crippen LogP contribution in [0.3, 0.4) is 0 Å². The molecule has 0 aliphatic heterocycles. The van der Waals surface area contributed by atoms with E-state index in [0.29, 0.717) is 0 Å². The molecule has 1 aromatic carbocycles. The molecule has 0 fully saturated rings. The summed E-state index contributed by atoms with van der Waals surface area (Å²) in [6.07, 6.45) is 0. The first-order valence-electron chi connectivity index (χ1n) is 5.35. The molecule has 18 heavy (non-hydrogen) atoms. The van der Waals surface area contributed by atoms with Gasteiger partial charge < -0.3 is 0 Å². The molecule has 2 aromatic heterocycles. The molecule has 0 unspecified atom stereocenters. The van der Waals surface area contributed by atoms with E-state index in [-0.39, 0.29) is 0 Å². The van der Waals surface area contributed by atoms with E-state index in [1.807, 2.05) is 6.92 Å². The topological polar surface area (TPSA) is 0 Å². The molecule has 0 N–H and O–H groups in total. The summed E-state index contributed by atoms with van der Waals surface area (Å²) in [6, 6.07) is 8.71. The zero-order chi connectivity index (χ0) is 12.5. The van der Waals surface area contributed by atoms with Crippen LogP contribution >= 0.6 is 35.3 Å². The maximum atomic E-state index is 3.94. The maximum Gasteiger partial charge on any atom is 0.0789 e. The Morgan fingerprint density at radius 2 is 1.44 bits per heavy atom. The van der Waals surface area contributed by atoms with Gasteiger partial charge in [0.25, 0.3) is 0 Å². The summed E-state index contributed by atoms with van der Waals surface area (Å²) < 4.78 is 2.55. The van der Waals surface area contributed by atoms with Gasteiger partial charge in [-0.15, -0.1) is 28.6 Å². The highest BCUT2D eigenvalue weighted by molar-refractivity contribution is 7.85. The van der Waals surface area contributed by atoms with Crippen molar-refractivity contribution in [3.05, 3.63) is 34.0 Å². The molecule has 0 spiro atoms. The van der Waals surface area contributed by atoms with Gasteiger partial charge in [0, 0.05) is 9.40 Å². The fraction of sp³-hybridized carbons (Fsp3) is 0.0667. The molecule has 2 heterocycles. The van der Waals surface area contributed by atoms with Crippen molar-refractivity contribution < 1.29 is 0 Å².